The summed E-state index contributed by atoms with van der Waals surface area (Å²) in [4.78, 5) is 25.4. The number of methoxy groups -OCH3 is 1. The van der Waals surface area contributed by atoms with Crippen LogP contribution in [0, 0.1) is 0 Å². The van der Waals surface area contributed by atoms with Gasteiger partial charge in [0.05, 0.1) is 18.4 Å². The highest BCUT2D eigenvalue weighted by Gasteiger charge is 2.32. The number of thiocarbonyl (C=S) groups is 1. The Bertz CT molecular complexity index is 613. The molecular formula is C14H12BrNO3S2. The van der Waals surface area contributed by atoms with Gasteiger partial charge in [0.2, 0.25) is 0 Å². The minimum Gasteiger partial charge on any atom is -0.469 e. The highest BCUT2D eigenvalue weighted by molar-refractivity contribution is 9.10. The number of hydrogen-bond acceptors (Lipinski definition) is 5. The Kier molecular flexibility index (Phi) is 5.55. The van der Waals surface area contributed by atoms with Gasteiger partial charge in [-0.3, -0.25) is 14.5 Å². The van der Waals surface area contributed by atoms with Crippen molar-refractivity contribution in [3.63, 3.8) is 0 Å². The third kappa shape index (κ3) is 4.15. The Morgan fingerprint density at radius 1 is 1.43 bits per heavy atom. The summed E-state index contributed by atoms with van der Waals surface area (Å²) in [7, 11) is 1.32. The predicted molar refractivity (Wildman–Crippen MR) is 90.7 cm³/mol. The standard InChI is InChI=1S/C14H12BrNO3S2/c1-19-12(17)6-7-16-13(18)11(21-14(16)20)8-9-2-4-10(15)5-3-9/h2-5,8H,6-7H2,1H3. The zero-order chi connectivity index (χ0) is 15.4. The summed E-state index contributed by atoms with van der Waals surface area (Å²) in [5.41, 5.74) is 0.923. The van der Waals surface area contributed by atoms with E-state index in [9.17, 15) is 9.59 Å². The summed E-state index contributed by atoms with van der Waals surface area (Å²) in [5.74, 6) is -0.530. The van der Waals surface area contributed by atoms with Gasteiger partial charge in [-0.25, -0.2) is 0 Å². The molecule has 4 nitrogen and oxygen atoms in total. The van der Waals surface area contributed by atoms with Gasteiger partial charge in [0.1, 0.15) is 4.32 Å². The average Bonchev–Trinajstić information content (AvgIpc) is 2.73. The van der Waals surface area contributed by atoms with Crippen molar-refractivity contribution in [2.45, 2.75) is 6.42 Å². The van der Waals surface area contributed by atoms with Crippen LogP contribution in [0.1, 0.15) is 12.0 Å². The second kappa shape index (κ2) is 7.20. The normalized spacial score (nSPS) is 16.7. The van der Waals surface area contributed by atoms with Crippen molar-refractivity contribution in [1.82, 2.24) is 4.90 Å². The highest BCUT2D eigenvalue weighted by atomic mass is 79.9. The molecule has 1 heterocycles. The van der Waals surface area contributed by atoms with Crippen LogP contribution in [-0.4, -0.2) is 34.8 Å². The number of rotatable bonds is 4. The van der Waals surface area contributed by atoms with Gasteiger partial charge in [-0.05, 0) is 23.8 Å². The summed E-state index contributed by atoms with van der Waals surface area (Å²) >= 11 is 9.80. The third-order valence-corrected chi connectivity index (χ3v) is 4.72. The van der Waals surface area contributed by atoms with Gasteiger partial charge >= 0.3 is 5.97 Å². The van der Waals surface area contributed by atoms with Crippen LogP contribution in [0.25, 0.3) is 6.08 Å². The molecule has 7 heteroatoms. The van der Waals surface area contributed by atoms with Crippen molar-refractivity contribution in [3.8, 4) is 0 Å². The average molecular weight is 386 g/mol. The molecule has 1 aliphatic heterocycles. The smallest absolute Gasteiger partial charge is 0.307 e. The van der Waals surface area contributed by atoms with E-state index >= 15 is 0 Å². The fraction of sp³-hybridized carbons (Fsp3) is 0.214. The molecule has 0 atom stereocenters. The van der Waals surface area contributed by atoms with E-state index in [4.69, 9.17) is 12.2 Å². The van der Waals surface area contributed by atoms with Crippen LogP contribution in [-0.2, 0) is 14.3 Å². The molecule has 0 N–H and O–H groups in total. The number of amides is 1. The number of esters is 1. The number of nitrogens with zero attached hydrogens (tertiary/aromatic N) is 1. The van der Waals surface area contributed by atoms with E-state index in [0.29, 0.717) is 9.23 Å². The zero-order valence-corrected chi connectivity index (χ0v) is 14.4. The Balaban J connectivity index is 2.10. The lowest BCUT2D eigenvalue weighted by Gasteiger charge is -2.12. The van der Waals surface area contributed by atoms with Gasteiger partial charge in [-0.1, -0.05) is 52.0 Å². The lowest BCUT2D eigenvalue weighted by molar-refractivity contribution is -0.140. The van der Waals surface area contributed by atoms with Crippen molar-refractivity contribution in [3.05, 3.63) is 39.2 Å². The zero-order valence-electron chi connectivity index (χ0n) is 11.2. The van der Waals surface area contributed by atoms with Crippen molar-refractivity contribution in [2.24, 2.45) is 0 Å². The molecule has 1 amide bonds. The summed E-state index contributed by atoms with van der Waals surface area (Å²) in [6.45, 7) is 0.245. The molecule has 110 valence electrons. The first kappa shape index (κ1) is 16.2. The van der Waals surface area contributed by atoms with Crippen molar-refractivity contribution >= 4 is 62.2 Å². The minimum atomic E-state index is -0.360. The number of halogens is 1. The minimum absolute atomic E-state index is 0.133. The first-order valence-corrected chi connectivity index (χ1v) is 8.11. The van der Waals surface area contributed by atoms with Gasteiger partial charge in [0.25, 0.3) is 5.91 Å². The van der Waals surface area contributed by atoms with E-state index in [1.54, 1.807) is 6.08 Å². The molecule has 0 bridgehead atoms. The molecule has 0 aliphatic carbocycles. The molecule has 21 heavy (non-hydrogen) atoms. The third-order valence-electron chi connectivity index (χ3n) is 2.81. The molecular weight excluding hydrogens is 374 g/mol. The number of carbonyl (C=O) groups is 2. The number of thioether (sulfide) groups is 1. The fourth-order valence-electron chi connectivity index (χ4n) is 1.71. The Morgan fingerprint density at radius 2 is 2.10 bits per heavy atom. The van der Waals surface area contributed by atoms with Crippen LogP contribution in [0.4, 0.5) is 0 Å². The van der Waals surface area contributed by atoms with Crippen LogP contribution in [0.15, 0.2) is 33.6 Å². The summed E-state index contributed by atoms with van der Waals surface area (Å²) in [6, 6.07) is 7.63. The highest BCUT2D eigenvalue weighted by Crippen LogP contribution is 2.32. The molecule has 0 unspecified atom stereocenters. The Morgan fingerprint density at radius 3 is 2.71 bits per heavy atom. The maximum absolute atomic E-state index is 12.3. The number of carbonyl (C=O) groups excluding carboxylic acids is 2. The van der Waals surface area contributed by atoms with Gasteiger partial charge in [-0.15, -0.1) is 0 Å². The Hall–Kier alpha value is -1.18. The molecule has 0 saturated carbocycles. The quantitative estimate of drug-likeness (QED) is 0.452. The first-order valence-electron chi connectivity index (χ1n) is 6.09. The molecule has 0 aromatic heterocycles. The van der Waals surface area contributed by atoms with E-state index in [-0.39, 0.29) is 24.8 Å². The molecule has 1 aromatic rings. The first-order chi connectivity index (χ1) is 10.0. The van der Waals surface area contributed by atoms with E-state index in [2.05, 4.69) is 20.7 Å². The van der Waals surface area contributed by atoms with Crippen LogP contribution in [0.5, 0.6) is 0 Å². The monoisotopic (exact) mass is 385 g/mol. The van der Waals surface area contributed by atoms with Crippen molar-refractivity contribution in [1.29, 1.82) is 0 Å². The molecule has 1 saturated heterocycles. The van der Waals surface area contributed by atoms with Gasteiger partial charge in [-0.2, -0.15) is 0 Å². The molecule has 1 fully saturated rings. The lowest BCUT2D eigenvalue weighted by atomic mass is 10.2. The summed E-state index contributed by atoms with van der Waals surface area (Å²) in [6.07, 6.45) is 1.93. The van der Waals surface area contributed by atoms with Gasteiger partial charge in [0, 0.05) is 11.0 Å². The maximum Gasteiger partial charge on any atom is 0.307 e. The topological polar surface area (TPSA) is 46.6 Å². The van der Waals surface area contributed by atoms with Crippen LogP contribution < -0.4 is 0 Å². The van der Waals surface area contributed by atoms with E-state index in [1.165, 1.54) is 23.8 Å². The van der Waals surface area contributed by atoms with Crippen molar-refractivity contribution in [2.75, 3.05) is 13.7 Å². The predicted octanol–water partition coefficient (Wildman–Crippen LogP) is 3.21. The molecule has 0 radical (unpaired) electrons. The number of ether oxygens (including phenoxy) is 1. The lowest BCUT2D eigenvalue weighted by Crippen LogP contribution is -2.30. The van der Waals surface area contributed by atoms with Gasteiger partial charge in [0.15, 0.2) is 0 Å². The largest absolute Gasteiger partial charge is 0.469 e. The summed E-state index contributed by atoms with van der Waals surface area (Å²) < 4.78 is 6.01. The number of hydrogen-bond donors (Lipinski definition) is 0. The SMILES string of the molecule is COC(=O)CCN1C(=O)C(=Cc2ccc(Br)cc2)SC1=S. The second-order valence-electron chi connectivity index (χ2n) is 4.21. The van der Waals surface area contributed by atoms with E-state index in [1.807, 2.05) is 24.3 Å². The van der Waals surface area contributed by atoms with Crippen LogP contribution in [0.2, 0.25) is 0 Å². The molecule has 1 aliphatic rings. The van der Waals surface area contributed by atoms with Gasteiger partial charge < -0.3 is 4.74 Å². The Labute approximate surface area is 140 Å². The van der Waals surface area contributed by atoms with E-state index in [0.717, 1.165) is 10.0 Å². The van der Waals surface area contributed by atoms with Crippen molar-refractivity contribution < 1.29 is 14.3 Å². The van der Waals surface area contributed by atoms with E-state index < -0.39 is 0 Å². The number of benzene rings is 1. The summed E-state index contributed by atoms with van der Waals surface area (Å²) in [5, 5.41) is 0. The second-order valence-corrected chi connectivity index (χ2v) is 6.80. The molecule has 0 spiro atoms. The molecule has 1 aromatic carbocycles. The van der Waals surface area contributed by atoms with Crippen LogP contribution >= 0.6 is 39.9 Å². The fourth-order valence-corrected chi connectivity index (χ4v) is 3.28. The maximum atomic E-state index is 12.3. The molecule has 2 rings (SSSR count). The van der Waals surface area contributed by atoms with Crippen LogP contribution in [0.3, 0.4) is 0 Å².